The maximum Gasteiger partial charge on any atom is 0.287 e. The third-order valence-corrected chi connectivity index (χ3v) is 4.51. The SMILES string of the molecule is CNC(=O)C(C)NC(=O)c1ccc(-c2cccc(CNC(=O)c3nccn3C)c2)o1. The van der Waals surface area contributed by atoms with Crippen molar-refractivity contribution in [3.8, 4) is 11.3 Å². The van der Waals surface area contributed by atoms with Gasteiger partial charge < -0.3 is 24.9 Å². The molecule has 0 aliphatic rings. The van der Waals surface area contributed by atoms with Crippen molar-refractivity contribution in [2.45, 2.75) is 19.5 Å². The van der Waals surface area contributed by atoms with Crippen LogP contribution in [0.15, 0.2) is 53.2 Å². The van der Waals surface area contributed by atoms with Crippen LogP contribution < -0.4 is 16.0 Å². The summed E-state index contributed by atoms with van der Waals surface area (Å²) < 4.78 is 7.30. The van der Waals surface area contributed by atoms with Gasteiger partial charge in [0, 0.05) is 38.6 Å². The molecule has 3 rings (SSSR count). The van der Waals surface area contributed by atoms with Gasteiger partial charge in [0.05, 0.1) is 0 Å². The molecule has 0 aliphatic heterocycles. The molecule has 0 aliphatic carbocycles. The minimum Gasteiger partial charge on any atom is -0.451 e. The van der Waals surface area contributed by atoms with Crippen LogP contribution in [0.4, 0.5) is 0 Å². The number of imidazole rings is 1. The highest BCUT2D eigenvalue weighted by Crippen LogP contribution is 2.23. The lowest BCUT2D eigenvalue weighted by atomic mass is 10.1. The number of benzene rings is 1. The van der Waals surface area contributed by atoms with Crippen molar-refractivity contribution in [2.24, 2.45) is 7.05 Å². The second kappa shape index (κ2) is 9.08. The van der Waals surface area contributed by atoms with Crippen molar-refractivity contribution in [1.29, 1.82) is 0 Å². The Morgan fingerprint density at radius 1 is 1.17 bits per heavy atom. The third kappa shape index (κ3) is 4.75. The molecule has 0 saturated carbocycles. The average Bonchev–Trinajstić information content (AvgIpc) is 3.41. The minimum absolute atomic E-state index is 0.106. The normalized spacial score (nSPS) is 11.6. The van der Waals surface area contributed by atoms with Crippen LogP contribution in [0, 0.1) is 0 Å². The Morgan fingerprint density at radius 3 is 2.67 bits per heavy atom. The first kappa shape index (κ1) is 20.8. The molecule has 2 heterocycles. The Hall–Kier alpha value is -3.88. The fourth-order valence-electron chi connectivity index (χ4n) is 2.85. The molecule has 2 aromatic heterocycles. The molecule has 9 heteroatoms. The molecule has 0 fully saturated rings. The van der Waals surface area contributed by atoms with E-state index in [-0.39, 0.29) is 17.6 Å². The van der Waals surface area contributed by atoms with Crippen LogP contribution in [0.1, 0.15) is 33.7 Å². The van der Waals surface area contributed by atoms with E-state index < -0.39 is 11.9 Å². The Kier molecular flexibility index (Phi) is 6.31. The number of furan rings is 1. The topological polar surface area (TPSA) is 118 Å². The molecule has 1 atom stereocenters. The van der Waals surface area contributed by atoms with E-state index >= 15 is 0 Å². The van der Waals surface area contributed by atoms with Crippen LogP contribution in [0.2, 0.25) is 0 Å². The smallest absolute Gasteiger partial charge is 0.287 e. The number of aromatic nitrogens is 2. The second-order valence-corrected chi connectivity index (χ2v) is 6.72. The van der Waals surface area contributed by atoms with Crippen molar-refractivity contribution in [1.82, 2.24) is 25.5 Å². The zero-order valence-corrected chi connectivity index (χ0v) is 16.9. The lowest BCUT2D eigenvalue weighted by Gasteiger charge is -2.10. The number of carbonyl (C=O) groups excluding carboxylic acids is 3. The molecule has 1 unspecified atom stereocenters. The lowest BCUT2D eigenvalue weighted by Crippen LogP contribution is -2.43. The zero-order valence-electron chi connectivity index (χ0n) is 16.9. The molecule has 0 saturated heterocycles. The molecular formula is C21H23N5O4. The lowest BCUT2D eigenvalue weighted by molar-refractivity contribution is -0.122. The van der Waals surface area contributed by atoms with Crippen molar-refractivity contribution in [3.63, 3.8) is 0 Å². The van der Waals surface area contributed by atoms with Crippen LogP contribution in [0.3, 0.4) is 0 Å². The Bertz CT molecular complexity index is 1070. The van der Waals surface area contributed by atoms with E-state index in [1.54, 1.807) is 43.1 Å². The molecule has 3 N–H and O–H groups in total. The van der Waals surface area contributed by atoms with Gasteiger partial charge >= 0.3 is 0 Å². The van der Waals surface area contributed by atoms with E-state index in [1.165, 1.54) is 7.05 Å². The molecule has 0 bridgehead atoms. The largest absolute Gasteiger partial charge is 0.451 e. The number of rotatable bonds is 7. The quantitative estimate of drug-likeness (QED) is 0.546. The fraction of sp³-hybridized carbons (Fsp3) is 0.238. The van der Waals surface area contributed by atoms with Crippen LogP contribution in [0.25, 0.3) is 11.3 Å². The van der Waals surface area contributed by atoms with E-state index in [4.69, 9.17) is 4.42 Å². The van der Waals surface area contributed by atoms with Crippen LogP contribution in [-0.4, -0.2) is 40.4 Å². The monoisotopic (exact) mass is 409 g/mol. The van der Waals surface area contributed by atoms with Crippen molar-refractivity contribution in [2.75, 3.05) is 7.05 Å². The summed E-state index contributed by atoms with van der Waals surface area (Å²) in [5, 5.41) is 7.87. The van der Waals surface area contributed by atoms with E-state index in [9.17, 15) is 14.4 Å². The van der Waals surface area contributed by atoms with Gasteiger partial charge in [0.1, 0.15) is 11.8 Å². The van der Waals surface area contributed by atoms with Crippen LogP contribution in [-0.2, 0) is 18.4 Å². The van der Waals surface area contributed by atoms with E-state index in [2.05, 4.69) is 20.9 Å². The number of nitrogens with zero attached hydrogens (tertiary/aromatic N) is 2. The van der Waals surface area contributed by atoms with Gasteiger partial charge in [-0.25, -0.2) is 4.98 Å². The molecule has 9 nitrogen and oxygen atoms in total. The summed E-state index contributed by atoms with van der Waals surface area (Å²) in [6.45, 7) is 1.90. The first-order valence-electron chi connectivity index (χ1n) is 9.36. The van der Waals surface area contributed by atoms with Crippen LogP contribution in [0.5, 0.6) is 0 Å². The summed E-state index contributed by atoms with van der Waals surface area (Å²) in [7, 11) is 3.25. The standard InChI is InChI=1S/C21H23N5O4/c1-13(19(27)22-2)25-20(28)17-8-7-16(30-17)15-6-4-5-14(11-15)12-24-21(29)18-23-9-10-26(18)3/h4-11,13H,12H2,1-3H3,(H,22,27)(H,24,29)(H,25,28). The number of hydrogen-bond donors (Lipinski definition) is 3. The summed E-state index contributed by atoms with van der Waals surface area (Å²) in [5.74, 6) is -0.0977. The maximum atomic E-state index is 12.3. The molecule has 0 spiro atoms. The average molecular weight is 409 g/mol. The van der Waals surface area contributed by atoms with Gasteiger partial charge in [0.2, 0.25) is 5.91 Å². The van der Waals surface area contributed by atoms with Gasteiger partial charge in [0.25, 0.3) is 11.8 Å². The molecule has 30 heavy (non-hydrogen) atoms. The van der Waals surface area contributed by atoms with Gasteiger partial charge in [-0.2, -0.15) is 0 Å². The predicted molar refractivity (Wildman–Crippen MR) is 110 cm³/mol. The number of likely N-dealkylation sites (N-methyl/N-ethyl adjacent to an activating group) is 1. The van der Waals surface area contributed by atoms with E-state index in [0.717, 1.165) is 11.1 Å². The van der Waals surface area contributed by atoms with Crippen molar-refractivity contribution in [3.05, 3.63) is 65.9 Å². The molecular weight excluding hydrogens is 386 g/mol. The van der Waals surface area contributed by atoms with Crippen molar-refractivity contribution >= 4 is 17.7 Å². The summed E-state index contributed by atoms with van der Waals surface area (Å²) in [6, 6.07) is 9.99. The van der Waals surface area contributed by atoms with Gasteiger partial charge in [-0.05, 0) is 30.7 Å². The predicted octanol–water partition coefficient (Wildman–Crippen LogP) is 1.47. The summed E-state index contributed by atoms with van der Waals surface area (Å²) >= 11 is 0. The number of hydrogen-bond acceptors (Lipinski definition) is 5. The highest BCUT2D eigenvalue weighted by atomic mass is 16.4. The summed E-state index contributed by atoms with van der Waals surface area (Å²) in [5.41, 5.74) is 1.63. The maximum absolute atomic E-state index is 12.3. The van der Waals surface area contributed by atoms with Crippen LogP contribution >= 0.6 is 0 Å². The Morgan fingerprint density at radius 2 is 1.97 bits per heavy atom. The number of carbonyl (C=O) groups is 3. The van der Waals surface area contributed by atoms with Gasteiger partial charge in [-0.1, -0.05) is 18.2 Å². The number of nitrogens with one attached hydrogen (secondary N) is 3. The highest BCUT2D eigenvalue weighted by Gasteiger charge is 2.18. The van der Waals surface area contributed by atoms with Gasteiger partial charge in [-0.15, -0.1) is 0 Å². The van der Waals surface area contributed by atoms with Gasteiger partial charge in [0.15, 0.2) is 11.6 Å². The molecule has 1 aromatic carbocycles. The first-order chi connectivity index (χ1) is 14.4. The van der Waals surface area contributed by atoms with Gasteiger partial charge in [-0.3, -0.25) is 14.4 Å². The van der Waals surface area contributed by atoms with E-state index in [1.807, 2.05) is 24.3 Å². The van der Waals surface area contributed by atoms with E-state index in [0.29, 0.717) is 18.1 Å². The molecule has 3 amide bonds. The third-order valence-electron chi connectivity index (χ3n) is 4.51. The summed E-state index contributed by atoms with van der Waals surface area (Å²) in [6.07, 6.45) is 3.27. The Balaban J connectivity index is 1.66. The molecule has 3 aromatic rings. The molecule has 156 valence electrons. The number of aryl methyl sites for hydroxylation is 1. The summed E-state index contributed by atoms with van der Waals surface area (Å²) in [4.78, 5) is 40.0. The molecule has 0 radical (unpaired) electrons. The Labute approximate surface area is 173 Å². The minimum atomic E-state index is -0.679. The highest BCUT2D eigenvalue weighted by molar-refractivity contribution is 5.95. The first-order valence-corrected chi connectivity index (χ1v) is 9.36. The fourth-order valence-corrected chi connectivity index (χ4v) is 2.85. The zero-order chi connectivity index (χ0) is 21.7. The van der Waals surface area contributed by atoms with Crippen molar-refractivity contribution < 1.29 is 18.8 Å². The second-order valence-electron chi connectivity index (χ2n) is 6.72. The number of amides is 3.